The Bertz CT molecular complexity index is 607. The van der Waals surface area contributed by atoms with Gasteiger partial charge in [-0.3, -0.25) is 9.59 Å². The molecule has 1 aromatic rings. The molecule has 2 unspecified atom stereocenters. The van der Waals surface area contributed by atoms with E-state index < -0.39 is 6.04 Å². The molecule has 5 heteroatoms. The molecular formula is C22H33N3O2. The molecule has 2 heterocycles. The number of benzene rings is 1. The lowest BCUT2D eigenvalue weighted by Crippen LogP contribution is -2.49. The van der Waals surface area contributed by atoms with Crippen LogP contribution in [0.15, 0.2) is 30.3 Å². The van der Waals surface area contributed by atoms with Crippen LogP contribution in [0.3, 0.4) is 0 Å². The Morgan fingerprint density at radius 1 is 1.15 bits per heavy atom. The van der Waals surface area contributed by atoms with Crippen LogP contribution in [0.4, 0.5) is 0 Å². The van der Waals surface area contributed by atoms with Crippen molar-refractivity contribution in [3.05, 3.63) is 35.9 Å². The van der Waals surface area contributed by atoms with Gasteiger partial charge in [-0.25, -0.2) is 0 Å². The second-order valence-electron chi connectivity index (χ2n) is 8.11. The van der Waals surface area contributed by atoms with Crippen molar-refractivity contribution < 1.29 is 9.59 Å². The molecule has 27 heavy (non-hydrogen) atoms. The van der Waals surface area contributed by atoms with E-state index in [0.29, 0.717) is 24.7 Å². The molecule has 2 N–H and O–H groups in total. The first kappa shape index (κ1) is 19.9. The molecule has 0 spiro atoms. The third kappa shape index (κ3) is 5.80. The summed E-state index contributed by atoms with van der Waals surface area (Å²) in [5, 5.41) is 6.44. The van der Waals surface area contributed by atoms with Crippen molar-refractivity contribution in [3.63, 3.8) is 0 Å². The predicted octanol–water partition coefficient (Wildman–Crippen LogP) is 2.36. The smallest absolute Gasteiger partial charge is 0.245 e. The number of hydrogen-bond donors (Lipinski definition) is 2. The van der Waals surface area contributed by atoms with Crippen LogP contribution in [-0.2, 0) is 16.0 Å². The first-order valence-electron chi connectivity index (χ1n) is 10.5. The van der Waals surface area contributed by atoms with Gasteiger partial charge < -0.3 is 15.5 Å². The number of carbonyl (C=O) groups is 2. The third-order valence-corrected chi connectivity index (χ3v) is 6.03. The van der Waals surface area contributed by atoms with Crippen LogP contribution in [0, 0.1) is 11.8 Å². The molecule has 1 aromatic carbocycles. The van der Waals surface area contributed by atoms with Crippen molar-refractivity contribution in [1.82, 2.24) is 15.5 Å². The number of amides is 2. The van der Waals surface area contributed by atoms with Crippen LogP contribution in [-0.4, -0.2) is 48.9 Å². The van der Waals surface area contributed by atoms with E-state index in [1.54, 1.807) is 0 Å². The first-order valence-corrected chi connectivity index (χ1v) is 10.5. The van der Waals surface area contributed by atoms with Gasteiger partial charge in [0.15, 0.2) is 0 Å². The average molecular weight is 372 g/mol. The van der Waals surface area contributed by atoms with Gasteiger partial charge in [0, 0.05) is 25.9 Å². The topological polar surface area (TPSA) is 61.4 Å². The Labute approximate surface area is 162 Å². The van der Waals surface area contributed by atoms with Crippen LogP contribution in [0.5, 0.6) is 0 Å². The summed E-state index contributed by atoms with van der Waals surface area (Å²) in [5.74, 6) is 1.03. The van der Waals surface area contributed by atoms with Crippen LogP contribution >= 0.6 is 0 Å². The summed E-state index contributed by atoms with van der Waals surface area (Å²) in [4.78, 5) is 27.6. The van der Waals surface area contributed by atoms with Crippen molar-refractivity contribution in [3.8, 4) is 0 Å². The van der Waals surface area contributed by atoms with Crippen LogP contribution in [0.2, 0.25) is 0 Å². The van der Waals surface area contributed by atoms with Gasteiger partial charge in [0.1, 0.15) is 6.04 Å². The highest BCUT2D eigenvalue weighted by Gasteiger charge is 2.29. The van der Waals surface area contributed by atoms with E-state index in [1.807, 2.05) is 35.2 Å². The number of nitrogens with zero attached hydrogens (tertiary/aromatic N) is 1. The molecule has 0 saturated carbocycles. The lowest BCUT2D eigenvalue weighted by atomic mass is 9.84. The van der Waals surface area contributed by atoms with Crippen LogP contribution in [0.25, 0.3) is 0 Å². The standard InChI is InChI=1S/C22H33N3O2/c1-17(19-9-11-23-12-10-19)15-21(26)24-20(16-18-7-3-2-4-8-18)22(27)25-13-5-6-14-25/h2-4,7-8,17,19-20,23H,5-6,9-16H2,1H3,(H,24,26). The Morgan fingerprint density at radius 3 is 2.48 bits per heavy atom. The largest absolute Gasteiger partial charge is 0.344 e. The van der Waals surface area contributed by atoms with E-state index in [1.165, 1.54) is 0 Å². The van der Waals surface area contributed by atoms with E-state index in [2.05, 4.69) is 17.6 Å². The lowest BCUT2D eigenvalue weighted by Gasteiger charge is -2.29. The minimum Gasteiger partial charge on any atom is -0.344 e. The fraction of sp³-hybridized carbons (Fsp3) is 0.636. The zero-order valence-corrected chi connectivity index (χ0v) is 16.5. The summed E-state index contributed by atoms with van der Waals surface area (Å²) >= 11 is 0. The number of hydrogen-bond acceptors (Lipinski definition) is 3. The van der Waals surface area contributed by atoms with E-state index in [9.17, 15) is 9.59 Å². The Morgan fingerprint density at radius 2 is 1.81 bits per heavy atom. The fourth-order valence-corrected chi connectivity index (χ4v) is 4.33. The number of likely N-dealkylation sites (tertiary alicyclic amines) is 1. The molecule has 2 amide bonds. The Balaban J connectivity index is 1.60. The molecule has 2 aliphatic heterocycles. The van der Waals surface area contributed by atoms with Crippen LogP contribution < -0.4 is 10.6 Å². The third-order valence-electron chi connectivity index (χ3n) is 6.03. The van der Waals surface area contributed by atoms with Gasteiger partial charge in [-0.1, -0.05) is 37.3 Å². The van der Waals surface area contributed by atoms with Crippen molar-refractivity contribution in [2.24, 2.45) is 11.8 Å². The molecular weight excluding hydrogens is 338 g/mol. The summed E-state index contributed by atoms with van der Waals surface area (Å²) in [5.41, 5.74) is 1.08. The molecule has 5 nitrogen and oxygen atoms in total. The minimum atomic E-state index is -0.460. The maximum Gasteiger partial charge on any atom is 0.245 e. The first-order chi connectivity index (χ1) is 13.1. The fourth-order valence-electron chi connectivity index (χ4n) is 4.33. The second-order valence-corrected chi connectivity index (χ2v) is 8.11. The van der Waals surface area contributed by atoms with Crippen molar-refractivity contribution in [2.75, 3.05) is 26.2 Å². The average Bonchev–Trinajstić information content (AvgIpc) is 3.23. The summed E-state index contributed by atoms with van der Waals surface area (Å²) in [7, 11) is 0. The SMILES string of the molecule is CC(CC(=O)NC(Cc1ccccc1)C(=O)N1CCCC1)C1CCNCC1. The van der Waals surface area contributed by atoms with E-state index in [4.69, 9.17) is 0 Å². The zero-order chi connectivity index (χ0) is 19.1. The zero-order valence-electron chi connectivity index (χ0n) is 16.5. The predicted molar refractivity (Wildman–Crippen MR) is 107 cm³/mol. The van der Waals surface area contributed by atoms with Crippen molar-refractivity contribution in [1.29, 1.82) is 0 Å². The minimum absolute atomic E-state index is 0.00881. The highest BCUT2D eigenvalue weighted by molar-refractivity contribution is 5.88. The van der Waals surface area contributed by atoms with Crippen molar-refractivity contribution in [2.45, 2.75) is 51.5 Å². The molecule has 0 aliphatic carbocycles. The number of rotatable bonds is 7. The number of carbonyl (C=O) groups excluding carboxylic acids is 2. The molecule has 2 fully saturated rings. The van der Waals surface area contributed by atoms with Gasteiger partial charge in [0.25, 0.3) is 0 Å². The quantitative estimate of drug-likeness (QED) is 0.773. The summed E-state index contributed by atoms with van der Waals surface area (Å²) in [6.45, 7) is 5.88. The van der Waals surface area contributed by atoms with Gasteiger partial charge >= 0.3 is 0 Å². The maximum atomic E-state index is 13.0. The van der Waals surface area contributed by atoms with Crippen LogP contribution in [0.1, 0.15) is 44.6 Å². The summed E-state index contributed by atoms with van der Waals surface area (Å²) in [6, 6.07) is 9.52. The molecule has 148 valence electrons. The Kier molecular flexibility index (Phi) is 7.27. The molecule has 3 rings (SSSR count). The van der Waals surface area contributed by atoms with Gasteiger partial charge in [0.05, 0.1) is 0 Å². The lowest BCUT2D eigenvalue weighted by molar-refractivity contribution is -0.135. The van der Waals surface area contributed by atoms with Gasteiger partial charge in [-0.15, -0.1) is 0 Å². The van der Waals surface area contributed by atoms with Crippen molar-refractivity contribution >= 4 is 11.8 Å². The molecule has 2 atom stereocenters. The molecule has 2 aliphatic rings. The number of piperidine rings is 1. The highest BCUT2D eigenvalue weighted by atomic mass is 16.2. The Hall–Kier alpha value is -1.88. The van der Waals surface area contributed by atoms with E-state index >= 15 is 0 Å². The second kappa shape index (κ2) is 9.88. The van der Waals surface area contributed by atoms with Gasteiger partial charge in [-0.05, 0) is 56.2 Å². The summed E-state index contributed by atoms with van der Waals surface area (Å²) in [6.07, 6.45) is 5.45. The molecule has 2 saturated heterocycles. The highest BCUT2D eigenvalue weighted by Crippen LogP contribution is 2.24. The normalized spacial score (nSPS) is 20.3. The summed E-state index contributed by atoms with van der Waals surface area (Å²) < 4.78 is 0. The maximum absolute atomic E-state index is 13.0. The number of nitrogens with one attached hydrogen (secondary N) is 2. The molecule has 0 aromatic heterocycles. The molecule has 0 bridgehead atoms. The van der Waals surface area contributed by atoms with E-state index in [0.717, 1.165) is 57.4 Å². The van der Waals surface area contributed by atoms with Gasteiger partial charge in [-0.2, -0.15) is 0 Å². The van der Waals surface area contributed by atoms with E-state index in [-0.39, 0.29) is 11.8 Å². The monoisotopic (exact) mass is 371 g/mol. The van der Waals surface area contributed by atoms with Gasteiger partial charge in [0.2, 0.25) is 11.8 Å². The molecule has 0 radical (unpaired) electrons.